The van der Waals surface area contributed by atoms with E-state index >= 15 is 0 Å². The zero-order chi connectivity index (χ0) is 13.1. The summed E-state index contributed by atoms with van der Waals surface area (Å²) >= 11 is 0. The summed E-state index contributed by atoms with van der Waals surface area (Å²) in [6.45, 7) is 5.60. The maximum absolute atomic E-state index is 12.1. The molecule has 3 fully saturated rings. The van der Waals surface area contributed by atoms with Crippen molar-refractivity contribution >= 4 is 5.91 Å². The van der Waals surface area contributed by atoms with E-state index in [1.165, 1.54) is 38.5 Å². The summed E-state index contributed by atoms with van der Waals surface area (Å²) in [6.07, 6.45) is 8.24. The van der Waals surface area contributed by atoms with Gasteiger partial charge in [0.25, 0.3) is 0 Å². The van der Waals surface area contributed by atoms with Gasteiger partial charge in [-0.3, -0.25) is 9.69 Å². The first kappa shape index (κ1) is 13.4. The molecule has 0 spiro atoms. The summed E-state index contributed by atoms with van der Waals surface area (Å²) < 4.78 is 0. The highest BCUT2D eigenvalue weighted by Crippen LogP contribution is 2.27. The van der Waals surface area contributed by atoms with Crippen LogP contribution in [-0.4, -0.2) is 61.0 Å². The standard InChI is InChI=1S/C15H27N3O/c19-15(12-16-11-13-5-6-13)18-9-7-17(8-10-18)14-3-1-2-4-14/h13-14,16H,1-12H2. The molecule has 1 heterocycles. The van der Waals surface area contributed by atoms with Crippen molar-refractivity contribution in [2.75, 3.05) is 39.3 Å². The Morgan fingerprint density at radius 2 is 1.68 bits per heavy atom. The highest BCUT2D eigenvalue weighted by Gasteiger charge is 2.28. The molecule has 1 saturated heterocycles. The van der Waals surface area contributed by atoms with Gasteiger partial charge < -0.3 is 10.2 Å². The summed E-state index contributed by atoms with van der Waals surface area (Å²) in [5.74, 6) is 1.15. The number of rotatable bonds is 5. The number of carbonyl (C=O) groups is 1. The molecule has 3 rings (SSSR count). The van der Waals surface area contributed by atoms with Crippen LogP contribution in [0.3, 0.4) is 0 Å². The molecule has 2 saturated carbocycles. The first-order valence-corrected chi connectivity index (χ1v) is 8.05. The van der Waals surface area contributed by atoms with E-state index in [1.807, 2.05) is 4.90 Å². The Bertz CT molecular complexity index is 303. The van der Waals surface area contributed by atoms with E-state index in [2.05, 4.69) is 10.2 Å². The third-order valence-electron chi connectivity index (χ3n) is 4.91. The molecule has 1 aliphatic heterocycles. The SMILES string of the molecule is O=C(CNCC1CC1)N1CCN(C2CCCC2)CC1. The van der Waals surface area contributed by atoms with Crippen LogP contribution in [-0.2, 0) is 4.79 Å². The van der Waals surface area contributed by atoms with E-state index in [1.54, 1.807) is 0 Å². The summed E-state index contributed by atoms with van der Waals surface area (Å²) in [4.78, 5) is 16.7. The molecule has 0 radical (unpaired) electrons. The fraction of sp³-hybridized carbons (Fsp3) is 0.933. The zero-order valence-corrected chi connectivity index (χ0v) is 11.9. The minimum atomic E-state index is 0.298. The van der Waals surface area contributed by atoms with Gasteiger partial charge in [-0.25, -0.2) is 0 Å². The molecule has 1 amide bonds. The predicted molar refractivity (Wildman–Crippen MR) is 76.0 cm³/mol. The molecular weight excluding hydrogens is 238 g/mol. The van der Waals surface area contributed by atoms with Crippen molar-refractivity contribution in [3.8, 4) is 0 Å². The Labute approximate surface area is 116 Å². The van der Waals surface area contributed by atoms with E-state index in [-0.39, 0.29) is 0 Å². The van der Waals surface area contributed by atoms with Gasteiger partial charge in [0.05, 0.1) is 6.54 Å². The van der Waals surface area contributed by atoms with Crippen LogP contribution in [0, 0.1) is 5.92 Å². The molecule has 3 aliphatic rings. The lowest BCUT2D eigenvalue weighted by molar-refractivity contribution is -0.132. The van der Waals surface area contributed by atoms with Gasteiger partial charge in [0, 0.05) is 32.2 Å². The van der Waals surface area contributed by atoms with Gasteiger partial charge in [0.2, 0.25) is 5.91 Å². The highest BCUT2D eigenvalue weighted by atomic mass is 16.2. The van der Waals surface area contributed by atoms with Crippen molar-refractivity contribution in [2.24, 2.45) is 5.92 Å². The van der Waals surface area contributed by atoms with Crippen LogP contribution in [0.15, 0.2) is 0 Å². The Hall–Kier alpha value is -0.610. The average molecular weight is 265 g/mol. The number of piperazine rings is 1. The van der Waals surface area contributed by atoms with Crippen molar-refractivity contribution < 1.29 is 4.79 Å². The fourth-order valence-electron chi connectivity index (χ4n) is 3.42. The van der Waals surface area contributed by atoms with Gasteiger partial charge >= 0.3 is 0 Å². The Morgan fingerprint density at radius 3 is 2.32 bits per heavy atom. The monoisotopic (exact) mass is 265 g/mol. The van der Waals surface area contributed by atoms with Crippen molar-refractivity contribution in [1.29, 1.82) is 0 Å². The third kappa shape index (κ3) is 3.69. The Morgan fingerprint density at radius 1 is 1.00 bits per heavy atom. The van der Waals surface area contributed by atoms with E-state index in [0.29, 0.717) is 12.5 Å². The molecule has 0 aromatic rings. The largest absolute Gasteiger partial charge is 0.339 e. The molecule has 0 unspecified atom stereocenters. The molecule has 0 atom stereocenters. The van der Waals surface area contributed by atoms with Gasteiger partial charge in [0.1, 0.15) is 0 Å². The maximum Gasteiger partial charge on any atom is 0.236 e. The van der Waals surface area contributed by atoms with Crippen LogP contribution in [0.4, 0.5) is 0 Å². The minimum Gasteiger partial charge on any atom is -0.339 e. The number of nitrogens with zero attached hydrogens (tertiary/aromatic N) is 2. The van der Waals surface area contributed by atoms with Crippen molar-refractivity contribution in [1.82, 2.24) is 15.1 Å². The van der Waals surface area contributed by atoms with Crippen LogP contribution in [0.2, 0.25) is 0 Å². The topological polar surface area (TPSA) is 35.6 Å². The Kier molecular flexibility index (Phi) is 4.38. The third-order valence-corrected chi connectivity index (χ3v) is 4.91. The molecule has 4 heteroatoms. The first-order valence-electron chi connectivity index (χ1n) is 8.05. The molecular formula is C15H27N3O. The lowest BCUT2D eigenvalue weighted by Crippen LogP contribution is -2.53. The van der Waals surface area contributed by atoms with E-state index in [9.17, 15) is 4.79 Å². The normalized spacial score (nSPS) is 26.0. The minimum absolute atomic E-state index is 0.298. The van der Waals surface area contributed by atoms with Gasteiger partial charge in [0.15, 0.2) is 0 Å². The molecule has 1 N–H and O–H groups in total. The smallest absolute Gasteiger partial charge is 0.236 e. The predicted octanol–water partition coefficient (Wildman–Crippen LogP) is 1.07. The van der Waals surface area contributed by atoms with E-state index in [0.717, 1.165) is 44.7 Å². The highest BCUT2D eigenvalue weighted by molar-refractivity contribution is 5.78. The van der Waals surface area contributed by atoms with Gasteiger partial charge in [-0.2, -0.15) is 0 Å². The first-order chi connectivity index (χ1) is 9.33. The summed E-state index contributed by atoms with van der Waals surface area (Å²) in [5, 5.41) is 3.31. The van der Waals surface area contributed by atoms with Crippen LogP contribution in [0.1, 0.15) is 38.5 Å². The number of nitrogens with one attached hydrogen (secondary N) is 1. The molecule has 4 nitrogen and oxygen atoms in total. The number of carbonyl (C=O) groups excluding carboxylic acids is 1. The summed E-state index contributed by atoms with van der Waals surface area (Å²) in [6, 6.07) is 0.810. The lowest BCUT2D eigenvalue weighted by Gasteiger charge is -2.38. The van der Waals surface area contributed by atoms with Crippen molar-refractivity contribution in [2.45, 2.75) is 44.6 Å². The van der Waals surface area contributed by atoms with Crippen molar-refractivity contribution in [3.05, 3.63) is 0 Å². The number of amides is 1. The van der Waals surface area contributed by atoms with E-state index in [4.69, 9.17) is 0 Å². The summed E-state index contributed by atoms with van der Waals surface area (Å²) in [5.41, 5.74) is 0. The fourth-order valence-corrected chi connectivity index (χ4v) is 3.42. The number of hydrogen-bond donors (Lipinski definition) is 1. The lowest BCUT2D eigenvalue weighted by atomic mass is 10.2. The van der Waals surface area contributed by atoms with Gasteiger partial charge in [-0.1, -0.05) is 12.8 Å². The van der Waals surface area contributed by atoms with Gasteiger partial charge in [-0.05, 0) is 38.1 Å². The molecule has 108 valence electrons. The Balaban J connectivity index is 1.35. The second-order valence-corrected chi connectivity index (χ2v) is 6.43. The molecule has 2 aliphatic carbocycles. The zero-order valence-electron chi connectivity index (χ0n) is 11.9. The second-order valence-electron chi connectivity index (χ2n) is 6.43. The van der Waals surface area contributed by atoms with Crippen LogP contribution < -0.4 is 5.32 Å². The molecule has 0 aromatic carbocycles. The molecule has 19 heavy (non-hydrogen) atoms. The molecule has 0 aromatic heterocycles. The van der Waals surface area contributed by atoms with Gasteiger partial charge in [-0.15, -0.1) is 0 Å². The van der Waals surface area contributed by atoms with Crippen LogP contribution in [0.5, 0.6) is 0 Å². The average Bonchev–Trinajstić information content (AvgIpc) is 3.10. The molecule has 0 bridgehead atoms. The van der Waals surface area contributed by atoms with Crippen molar-refractivity contribution in [3.63, 3.8) is 0 Å². The number of hydrogen-bond acceptors (Lipinski definition) is 3. The summed E-state index contributed by atoms with van der Waals surface area (Å²) in [7, 11) is 0. The quantitative estimate of drug-likeness (QED) is 0.808. The second kappa shape index (κ2) is 6.23. The van der Waals surface area contributed by atoms with Crippen LogP contribution >= 0.6 is 0 Å². The van der Waals surface area contributed by atoms with Crippen LogP contribution in [0.25, 0.3) is 0 Å². The van der Waals surface area contributed by atoms with E-state index < -0.39 is 0 Å². The maximum atomic E-state index is 12.1.